The number of methoxy groups -OCH3 is 1. The van der Waals surface area contributed by atoms with Gasteiger partial charge in [0.05, 0.1) is 25.0 Å². The highest BCUT2D eigenvalue weighted by molar-refractivity contribution is 5.91. The van der Waals surface area contributed by atoms with E-state index in [1.165, 1.54) is 12.4 Å². The van der Waals surface area contributed by atoms with E-state index in [9.17, 15) is 4.79 Å². The van der Waals surface area contributed by atoms with Gasteiger partial charge in [0.25, 0.3) is 0 Å². The number of rotatable bonds is 6. The van der Waals surface area contributed by atoms with Gasteiger partial charge in [-0.25, -0.2) is 9.97 Å². The van der Waals surface area contributed by atoms with Crippen molar-refractivity contribution >= 4 is 12.0 Å². The van der Waals surface area contributed by atoms with Crippen LogP contribution in [-0.4, -0.2) is 23.0 Å². The topological polar surface area (TPSA) is 64.1 Å². The number of amides is 1. The molecule has 0 aliphatic carbocycles. The van der Waals surface area contributed by atoms with Gasteiger partial charge in [-0.05, 0) is 29.8 Å². The highest BCUT2D eigenvalue weighted by Crippen LogP contribution is 2.16. The van der Waals surface area contributed by atoms with E-state index in [0.717, 1.165) is 28.3 Å². The second kappa shape index (κ2) is 8.58. The van der Waals surface area contributed by atoms with E-state index < -0.39 is 0 Å². The van der Waals surface area contributed by atoms with E-state index in [1.54, 1.807) is 13.2 Å². The third-order valence-corrected chi connectivity index (χ3v) is 3.78. The highest BCUT2D eigenvalue weighted by atomic mass is 16.5. The molecule has 0 bridgehead atoms. The Kier molecular flexibility index (Phi) is 5.72. The molecule has 0 aliphatic rings. The van der Waals surface area contributed by atoms with Crippen molar-refractivity contribution in [2.24, 2.45) is 0 Å². The fourth-order valence-electron chi connectivity index (χ4n) is 2.38. The van der Waals surface area contributed by atoms with Gasteiger partial charge in [0.15, 0.2) is 0 Å². The van der Waals surface area contributed by atoms with Gasteiger partial charge >= 0.3 is 0 Å². The van der Waals surface area contributed by atoms with Crippen molar-refractivity contribution in [2.45, 2.75) is 6.54 Å². The molecule has 5 nitrogen and oxygen atoms in total. The molecule has 5 heteroatoms. The molecule has 0 unspecified atom stereocenters. The number of nitrogens with zero attached hydrogens (tertiary/aromatic N) is 2. The fourth-order valence-corrected chi connectivity index (χ4v) is 2.38. The van der Waals surface area contributed by atoms with Gasteiger partial charge in [-0.1, -0.05) is 42.5 Å². The van der Waals surface area contributed by atoms with Crippen LogP contribution in [0.1, 0.15) is 11.3 Å². The fraction of sp³-hybridized carbons (Fsp3) is 0.0952. The number of carbonyl (C=O) groups excluding carboxylic acids is 1. The minimum Gasteiger partial charge on any atom is -0.497 e. The number of aromatic nitrogens is 2. The van der Waals surface area contributed by atoms with E-state index in [1.807, 2.05) is 60.7 Å². The van der Waals surface area contributed by atoms with Crippen molar-refractivity contribution in [3.05, 3.63) is 84.3 Å². The molecule has 130 valence electrons. The Balaban J connectivity index is 1.58. The minimum absolute atomic E-state index is 0.180. The lowest BCUT2D eigenvalue weighted by Gasteiger charge is -2.05. The summed E-state index contributed by atoms with van der Waals surface area (Å²) in [6.07, 6.45) is 4.77. The monoisotopic (exact) mass is 345 g/mol. The number of hydrogen-bond acceptors (Lipinski definition) is 4. The van der Waals surface area contributed by atoms with E-state index in [2.05, 4.69) is 15.3 Å². The first-order valence-corrected chi connectivity index (χ1v) is 8.21. The van der Waals surface area contributed by atoms with Crippen LogP contribution < -0.4 is 10.1 Å². The SMILES string of the molecule is COc1ccc(/C=C/C(=O)NCc2cc(-c3ccccc3)ncn2)cc1. The van der Waals surface area contributed by atoms with Crippen LogP contribution >= 0.6 is 0 Å². The molecule has 0 fully saturated rings. The lowest BCUT2D eigenvalue weighted by Crippen LogP contribution is -2.20. The molecule has 0 spiro atoms. The summed E-state index contributed by atoms with van der Waals surface area (Å²) in [6, 6.07) is 19.2. The zero-order chi connectivity index (χ0) is 18.2. The summed E-state index contributed by atoms with van der Waals surface area (Å²) in [5, 5.41) is 2.83. The van der Waals surface area contributed by atoms with Crippen molar-refractivity contribution in [3.63, 3.8) is 0 Å². The standard InChI is InChI=1S/C21H19N3O2/c1-26-19-10-7-16(8-11-19)9-12-21(25)22-14-18-13-20(24-15-23-18)17-5-3-2-4-6-17/h2-13,15H,14H2,1H3,(H,22,25)/b12-9+. The Bertz CT molecular complexity index is 891. The molecule has 1 heterocycles. The first kappa shape index (κ1) is 17.4. The van der Waals surface area contributed by atoms with E-state index in [0.29, 0.717) is 6.54 Å². The number of carbonyl (C=O) groups is 1. The Morgan fingerprint density at radius 2 is 1.85 bits per heavy atom. The number of nitrogens with one attached hydrogen (secondary N) is 1. The number of hydrogen-bond donors (Lipinski definition) is 1. The Labute approximate surface area is 152 Å². The van der Waals surface area contributed by atoms with Gasteiger partial charge in [0, 0.05) is 11.6 Å². The smallest absolute Gasteiger partial charge is 0.244 e. The van der Waals surface area contributed by atoms with Gasteiger partial charge in [-0.2, -0.15) is 0 Å². The third-order valence-electron chi connectivity index (χ3n) is 3.78. The molecular weight excluding hydrogens is 326 g/mol. The van der Waals surface area contributed by atoms with Gasteiger partial charge in [-0.15, -0.1) is 0 Å². The lowest BCUT2D eigenvalue weighted by atomic mass is 10.1. The molecule has 0 aliphatic heterocycles. The zero-order valence-electron chi connectivity index (χ0n) is 14.4. The minimum atomic E-state index is -0.180. The largest absolute Gasteiger partial charge is 0.497 e. The van der Waals surface area contributed by atoms with Crippen LogP contribution in [0.3, 0.4) is 0 Å². The summed E-state index contributed by atoms with van der Waals surface area (Å²) >= 11 is 0. The summed E-state index contributed by atoms with van der Waals surface area (Å²) in [7, 11) is 1.62. The molecule has 3 aromatic rings. The molecule has 3 rings (SSSR count). The summed E-state index contributed by atoms with van der Waals surface area (Å²) in [5.74, 6) is 0.602. The second-order valence-electron chi connectivity index (χ2n) is 5.58. The molecule has 1 aromatic heterocycles. The molecule has 2 aromatic carbocycles. The highest BCUT2D eigenvalue weighted by Gasteiger charge is 2.03. The Morgan fingerprint density at radius 1 is 1.08 bits per heavy atom. The predicted octanol–water partition coefficient (Wildman–Crippen LogP) is 3.48. The van der Waals surface area contributed by atoms with Crippen LogP contribution in [-0.2, 0) is 11.3 Å². The van der Waals surface area contributed by atoms with Crippen molar-refractivity contribution in [1.82, 2.24) is 15.3 Å². The van der Waals surface area contributed by atoms with Crippen molar-refractivity contribution in [2.75, 3.05) is 7.11 Å². The van der Waals surface area contributed by atoms with Crippen LogP contribution in [0.4, 0.5) is 0 Å². The molecular formula is C21H19N3O2. The Morgan fingerprint density at radius 3 is 2.58 bits per heavy atom. The maximum atomic E-state index is 12.0. The summed E-state index contributed by atoms with van der Waals surface area (Å²) in [5.41, 5.74) is 3.53. The first-order valence-electron chi connectivity index (χ1n) is 8.21. The number of ether oxygens (including phenoxy) is 1. The summed E-state index contributed by atoms with van der Waals surface area (Å²) in [4.78, 5) is 20.5. The average molecular weight is 345 g/mol. The van der Waals surface area contributed by atoms with Gasteiger partial charge in [0.1, 0.15) is 12.1 Å². The average Bonchev–Trinajstić information content (AvgIpc) is 2.72. The molecule has 26 heavy (non-hydrogen) atoms. The summed E-state index contributed by atoms with van der Waals surface area (Å²) in [6.45, 7) is 0.341. The lowest BCUT2D eigenvalue weighted by molar-refractivity contribution is -0.116. The van der Waals surface area contributed by atoms with Crippen molar-refractivity contribution < 1.29 is 9.53 Å². The van der Waals surface area contributed by atoms with E-state index in [4.69, 9.17) is 4.74 Å². The van der Waals surface area contributed by atoms with Crippen LogP contribution in [0, 0.1) is 0 Å². The van der Waals surface area contributed by atoms with Gasteiger partial charge < -0.3 is 10.1 Å². The predicted molar refractivity (Wildman–Crippen MR) is 101 cm³/mol. The van der Waals surface area contributed by atoms with Crippen LogP contribution in [0.15, 0.2) is 73.1 Å². The van der Waals surface area contributed by atoms with Crippen LogP contribution in [0.5, 0.6) is 5.75 Å². The zero-order valence-corrected chi connectivity index (χ0v) is 14.4. The Hall–Kier alpha value is -3.47. The van der Waals surface area contributed by atoms with E-state index >= 15 is 0 Å². The van der Waals surface area contributed by atoms with Crippen molar-refractivity contribution in [3.8, 4) is 17.0 Å². The van der Waals surface area contributed by atoms with Gasteiger partial charge in [-0.3, -0.25) is 4.79 Å². The van der Waals surface area contributed by atoms with Gasteiger partial charge in [0.2, 0.25) is 5.91 Å². The first-order chi connectivity index (χ1) is 12.7. The van der Waals surface area contributed by atoms with Crippen LogP contribution in [0.25, 0.3) is 17.3 Å². The summed E-state index contributed by atoms with van der Waals surface area (Å²) < 4.78 is 5.11. The van der Waals surface area contributed by atoms with Crippen LogP contribution in [0.2, 0.25) is 0 Å². The number of benzene rings is 2. The molecule has 0 saturated heterocycles. The molecule has 1 N–H and O–H groups in total. The normalized spacial score (nSPS) is 10.7. The molecule has 0 atom stereocenters. The second-order valence-corrected chi connectivity index (χ2v) is 5.58. The maximum absolute atomic E-state index is 12.0. The molecule has 1 amide bonds. The molecule has 0 radical (unpaired) electrons. The third kappa shape index (κ3) is 4.77. The maximum Gasteiger partial charge on any atom is 0.244 e. The quantitative estimate of drug-likeness (QED) is 0.695. The van der Waals surface area contributed by atoms with Crippen molar-refractivity contribution in [1.29, 1.82) is 0 Å². The molecule has 0 saturated carbocycles. The van der Waals surface area contributed by atoms with E-state index in [-0.39, 0.29) is 5.91 Å².